The molecule has 1 aromatic heterocycles. The van der Waals surface area contributed by atoms with Gasteiger partial charge in [0, 0.05) is 17.3 Å². The second-order valence-corrected chi connectivity index (χ2v) is 7.21. The van der Waals surface area contributed by atoms with E-state index in [1.165, 1.54) is 0 Å². The normalized spacial score (nSPS) is 11.4. The zero-order chi connectivity index (χ0) is 20.8. The number of thioether (sulfide) groups is 1. The Labute approximate surface area is 171 Å². The molecule has 0 radical (unpaired) electrons. The number of hydrogen-bond donors (Lipinski definition) is 1. The Morgan fingerprint density at radius 2 is 1.90 bits per heavy atom. The van der Waals surface area contributed by atoms with Gasteiger partial charge >= 0.3 is 0 Å². The van der Waals surface area contributed by atoms with Crippen molar-refractivity contribution >= 4 is 23.4 Å². The number of hydrogen-bond acceptors (Lipinski definition) is 8. The van der Waals surface area contributed by atoms with Crippen LogP contribution in [0.15, 0.2) is 52.1 Å². The van der Waals surface area contributed by atoms with E-state index in [0.717, 1.165) is 11.8 Å². The lowest BCUT2D eigenvalue weighted by Crippen LogP contribution is -2.22. The van der Waals surface area contributed by atoms with Crippen molar-refractivity contribution < 1.29 is 18.7 Å². The fraction of sp³-hybridized carbons (Fsp3) is 0.200. The van der Waals surface area contributed by atoms with E-state index in [1.54, 1.807) is 63.6 Å². The maximum Gasteiger partial charge on any atom is 0.277 e. The lowest BCUT2D eigenvalue weighted by Gasteiger charge is -2.10. The van der Waals surface area contributed by atoms with Gasteiger partial charge in [-0.15, -0.1) is 10.2 Å². The minimum atomic E-state index is -0.492. The number of nitrogens with one attached hydrogen (secondary N) is 1. The Balaban J connectivity index is 1.69. The van der Waals surface area contributed by atoms with Crippen LogP contribution in [0.3, 0.4) is 0 Å². The minimum absolute atomic E-state index is 0.243. The molecule has 0 saturated heterocycles. The molecule has 8 nitrogen and oxygen atoms in total. The SMILES string of the molecule is COc1cc(OC)cc(-c2nnc(S[C@H](C)C(=O)Nc3cccc(C#N)c3)o2)c1. The van der Waals surface area contributed by atoms with Crippen LogP contribution in [-0.4, -0.2) is 35.6 Å². The molecular formula is C20H18N4O4S. The number of amides is 1. The highest BCUT2D eigenvalue weighted by Crippen LogP contribution is 2.31. The van der Waals surface area contributed by atoms with Gasteiger partial charge in [-0.2, -0.15) is 5.26 Å². The summed E-state index contributed by atoms with van der Waals surface area (Å²) in [6.45, 7) is 1.73. The smallest absolute Gasteiger partial charge is 0.277 e. The number of ether oxygens (including phenoxy) is 2. The predicted molar refractivity (Wildman–Crippen MR) is 108 cm³/mol. The number of nitriles is 1. The largest absolute Gasteiger partial charge is 0.497 e. The average molecular weight is 410 g/mol. The molecule has 0 saturated carbocycles. The van der Waals surface area contributed by atoms with E-state index in [0.29, 0.717) is 34.2 Å². The molecule has 1 heterocycles. The molecule has 9 heteroatoms. The predicted octanol–water partition coefficient (Wildman–Crippen LogP) is 3.74. The maximum atomic E-state index is 12.4. The van der Waals surface area contributed by atoms with Gasteiger partial charge in [0.2, 0.25) is 11.8 Å². The van der Waals surface area contributed by atoms with Crippen molar-refractivity contribution in [3.05, 3.63) is 48.0 Å². The van der Waals surface area contributed by atoms with E-state index in [1.807, 2.05) is 6.07 Å². The Morgan fingerprint density at radius 3 is 2.55 bits per heavy atom. The monoisotopic (exact) mass is 410 g/mol. The lowest BCUT2D eigenvalue weighted by molar-refractivity contribution is -0.115. The average Bonchev–Trinajstić information content (AvgIpc) is 3.21. The van der Waals surface area contributed by atoms with Gasteiger partial charge < -0.3 is 19.2 Å². The van der Waals surface area contributed by atoms with Crippen LogP contribution in [0.1, 0.15) is 12.5 Å². The van der Waals surface area contributed by atoms with E-state index in [9.17, 15) is 4.79 Å². The summed E-state index contributed by atoms with van der Waals surface area (Å²) in [5, 5.41) is 19.5. The van der Waals surface area contributed by atoms with Crippen LogP contribution in [0.25, 0.3) is 11.5 Å². The van der Waals surface area contributed by atoms with E-state index >= 15 is 0 Å². The van der Waals surface area contributed by atoms with Gasteiger partial charge in [0.05, 0.1) is 31.1 Å². The molecule has 0 aliphatic heterocycles. The first-order valence-corrected chi connectivity index (χ1v) is 9.45. The molecule has 0 spiro atoms. The number of carbonyl (C=O) groups excluding carboxylic acids is 1. The lowest BCUT2D eigenvalue weighted by atomic mass is 10.2. The molecule has 3 rings (SSSR count). The van der Waals surface area contributed by atoms with Crippen LogP contribution in [0.2, 0.25) is 0 Å². The minimum Gasteiger partial charge on any atom is -0.497 e. The fourth-order valence-electron chi connectivity index (χ4n) is 2.42. The van der Waals surface area contributed by atoms with Gasteiger partial charge in [0.1, 0.15) is 11.5 Å². The zero-order valence-corrected chi connectivity index (χ0v) is 16.8. The molecule has 0 fully saturated rings. The second kappa shape index (κ2) is 9.12. The summed E-state index contributed by atoms with van der Waals surface area (Å²) in [5.41, 5.74) is 1.67. The number of anilines is 1. The number of methoxy groups -OCH3 is 2. The van der Waals surface area contributed by atoms with Crippen LogP contribution in [0.5, 0.6) is 11.5 Å². The fourth-order valence-corrected chi connectivity index (χ4v) is 3.10. The van der Waals surface area contributed by atoms with E-state index in [4.69, 9.17) is 19.2 Å². The molecule has 1 N–H and O–H groups in total. The number of nitrogens with zero attached hydrogens (tertiary/aromatic N) is 3. The highest BCUT2D eigenvalue weighted by molar-refractivity contribution is 8.00. The Morgan fingerprint density at radius 1 is 1.17 bits per heavy atom. The topological polar surface area (TPSA) is 110 Å². The first-order chi connectivity index (χ1) is 14.0. The summed E-state index contributed by atoms with van der Waals surface area (Å²) < 4.78 is 16.2. The van der Waals surface area contributed by atoms with Gasteiger partial charge in [0.25, 0.3) is 5.22 Å². The van der Waals surface area contributed by atoms with Crippen LogP contribution in [0.4, 0.5) is 5.69 Å². The van der Waals surface area contributed by atoms with Crippen LogP contribution < -0.4 is 14.8 Å². The van der Waals surface area contributed by atoms with Crippen LogP contribution >= 0.6 is 11.8 Å². The van der Waals surface area contributed by atoms with Gasteiger partial charge in [-0.25, -0.2) is 0 Å². The molecule has 29 heavy (non-hydrogen) atoms. The van der Waals surface area contributed by atoms with E-state index in [2.05, 4.69) is 15.5 Å². The standard InChI is InChI=1S/C20H18N4O4S/c1-12(18(25)22-15-6-4-5-13(7-15)11-21)29-20-24-23-19(28-20)14-8-16(26-2)10-17(9-14)27-3/h4-10,12H,1-3H3,(H,22,25)/t12-/m1/s1. The van der Waals surface area contributed by atoms with Crippen molar-refractivity contribution in [3.63, 3.8) is 0 Å². The summed E-state index contributed by atoms with van der Waals surface area (Å²) >= 11 is 1.14. The van der Waals surface area contributed by atoms with Crippen molar-refractivity contribution in [2.45, 2.75) is 17.4 Å². The zero-order valence-electron chi connectivity index (χ0n) is 16.0. The molecule has 0 aliphatic carbocycles. The van der Waals surface area contributed by atoms with Gasteiger partial charge in [0.15, 0.2) is 0 Å². The second-order valence-electron chi connectivity index (χ2n) is 5.92. The molecule has 3 aromatic rings. The molecule has 1 amide bonds. The summed E-state index contributed by atoms with van der Waals surface area (Å²) in [6.07, 6.45) is 0. The highest BCUT2D eigenvalue weighted by Gasteiger charge is 2.19. The van der Waals surface area contributed by atoms with Crippen molar-refractivity contribution in [2.75, 3.05) is 19.5 Å². The van der Waals surface area contributed by atoms with Crippen LogP contribution in [-0.2, 0) is 4.79 Å². The van der Waals surface area contributed by atoms with Gasteiger partial charge in [-0.3, -0.25) is 4.79 Å². The first-order valence-electron chi connectivity index (χ1n) is 8.57. The molecular weight excluding hydrogens is 392 g/mol. The van der Waals surface area contributed by atoms with Crippen molar-refractivity contribution in [3.8, 4) is 29.0 Å². The maximum absolute atomic E-state index is 12.4. The summed E-state index contributed by atoms with van der Waals surface area (Å²) in [7, 11) is 3.11. The summed E-state index contributed by atoms with van der Waals surface area (Å²) in [6, 6.07) is 14.0. The summed E-state index contributed by atoms with van der Waals surface area (Å²) in [5.74, 6) is 1.24. The first kappa shape index (κ1) is 20.2. The number of benzene rings is 2. The molecule has 0 bridgehead atoms. The molecule has 0 aliphatic rings. The number of rotatable bonds is 7. The third kappa shape index (κ3) is 5.06. The molecule has 0 unspecified atom stereocenters. The highest BCUT2D eigenvalue weighted by atomic mass is 32.2. The molecule has 148 valence electrons. The summed E-state index contributed by atoms with van der Waals surface area (Å²) in [4.78, 5) is 12.4. The van der Waals surface area contributed by atoms with E-state index in [-0.39, 0.29) is 11.1 Å². The van der Waals surface area contributed by atoms with Crippen molar-refractivity contribution in [2.24, 2.45) is 0 Å². The Hall–Kier alpha value is -3.51. The van der Waals surface area contributed by atoms with Gasteiger partial charge in [-0.05, 0) is 37.3 Å². The molecule has 2 aromatic carbocycles. The quantitative estimate of drug-likeness (QED) is 0.587. The Bertz CT molecular complexity index is 1040. The number of carbonyl (C=O) groups is 1. The van der Waals surface area contributed by atoms with Crippen molar-refractivity contribution in [1.29, 1.82) is 5.26 Å². The van der Waals surface area contributed by atoms with Crippen molar-refractivity contribution in [1.82, 2.24) is 10.2 Å². The van der Waals surface area contributed by atoms with Gasteiger partial charge in [-0.1, -0.05) is 17.8 Å². The third-order valence-electron chi connectivity index (χ3n) is 3.91. The molecule has 1 atom stereocenters. The van der Waals surface area contributed by atoms with E-state index < -0.39 is 5.25 Å². The third-order valence-corrected chi connectivity index (χ3v) is 4.85. The Kier molecular flexibility index (Phi) is 6.36. The van der Waals surface area contributed by atoms with Crippen LogP contribution in [0, 0.1) is 11.3 Å². The number of aromatic nitrogens is 2.